The lowest BCUT2D eigenvalue weighted by Gasteiger charge is -2.23. The summed E-state index contributed by atoms with van der Waals surface area (Å²) in [5.74, 6) is 1.84. The van der Waals surface area contributed by atoms with E-state index in [-0.39, 0.29) is 0 Å². The van der Waals surface area contributed by atoms with Crippen molar-refractivity contribution in [2.45, 2.75) is 52.4 Å². The molecule has 0 aliphatic carbocycles. The summed E-state index contributed by atoms with van der Waals surface area (Å²) in [4.78, 5) is 0. The third-order valence-corrected chi connectivity index (χ3v) is 5.53. The first-order valence-corrected chi connectivity index (χ1v) is 9.22. The van der Waals surface area contributed by atoms with Crippen LogP contribution in [-0.4, -0.2) is 22.3 Å². The van der Waals surface area contributed by atoms with Crippen molar-refractivity contribution in [3.8, 4) is 0 Å². The molecule has 0 saturated carbocycles. The van der Waals surface area contributed by atoms with Crippen LogP contribution in [-0.2, 0) is 4.43 Å². The second kappa shape index (κ2) is 8.78. The number of rotatable bonds is 8. The topological polar surface area (TPSA) is 9.23 Å². The van der Waals surface area contributed by atoms with E-state index in [9.17, 15) is 0 Å². The molecule has 0 aliphatic heterocycles. The van der Waals surface area contributed by atoms with Gasteiger partial charge in [-0.15, -0.1) is 11.6 Å². The maximum Gasteiger partial charge on any atom is 0.192 e. The first-order valence-electron chi connectivity index (χ1n) is 7.40. The summed E-state index contributed by atoms with van der Waals surface area (Å²) < 4.78 is 5.78. The van der Waals surface area contributed by atoms with Gasteiger partial charge in [-0.25, -0.2) is 0 Å². The molecule has 108 valence electrons. The third kappa shape index (κ3) is 4.62. The van der Waals surface area contributed by atoms with Crippen LogP contribution in [0.3, 0.4) is 0 Å². The smallest absolute Gasteiger partial charge is 0.192 e. The zero-order valence-electron chi connectivity index (χ0n) is 12.7. The summed E-state index contributed by atoms with van der Waals surface area (Å²) in [5.41, 5.74) is 3.08. The van der Waals surface area contributed by atoms with Crippen molar-refractivity contribution >= 4 is 26.6 Å². The molecule has 0 bridgehead atoms. The monoisotopic (exact) mass is 298 g/mol. The summed E-state index contributed by atoms with van der Waals surface area (Å²) in [7, 11) is -0.649. The predicted octanol–water partition coefficient (Wildman–Crippen LogP) is 3.68. The van der Waals surface area contributed by atoms with E-state index in [0.29, 0.717) is 24.3 Å². The number of hydrogen-bond donors (Lipinski definition) is 0. The molecule has 0 fully saturated rings. The van der Waals surface area contributed by atoms with Gasteiger partial charge in [0.25, 0.3) is 0 Å². The Balaban J connectivity index is 3.07. The lowest BCUT2D eigenvalue weighted by Crippen LogP contribution is -2.26. The highest BCUT2D eigenvalue weighted by Gasteiger charge is 2.17. The Kier molecular flexibility index (Phi) is 7.73. The van der Waals surface area contributed by atoms with Crippen molar-refractivity contribution < 1.29 is 4.43 Å². The van der Waals surface area contributed by atoms with Crippen LogP contribution in [0.4, 0.5) is 0 Å². The van der Waals surface area contributed by atoms with Gasteiger partial charge in [-0.05, 0) is 41.0 Å². The van der Waals surface area contributed by atoms with Gasteiger partial charge in [0, 0.05) is 12.5 Å². The van der Waals surface area contributed by atoms with Crippen LogP contribution in [0.25, 0.3) is 0 Å². The van der Waals surface area contributed by atoms with Crippen LogP contribution < -0.4 is 5.19 Å². The molecule has 0 aromatic heterocycles. The maximum absolute atomic E-state index is 5.78. The highest BCUT2D eigenvalue weighted by molar-refractivity contribution is 6.47. The Morgan fingerprint density at radius 3 is 2.42 bits per heavy atom. The summed E-state index contributed by atoms with van der Waals surface area (Å²) in [6.45, 7) is 9.87. The van der Waals surface area contributed by atoms with Gasteiger partial charge in [0.1, 0.15) is 0 Å². The molecule has 0 spiro atoms. The standard InChI is InChI=1S/C16H27ClOSi/c1-5-12(3)14-8-7-9-15(19-18-11-10-17)16(14)13(4)6-2/h7-9,12-13H,5-6,10-11,19H2,1-4H3. The fraction of sp³-hybridized carbons (Fsp3) is 0.625. The second-order valence-electron chi connectivity index (χ2n) is 5.28. The van der Waals surface area contributed by atoms with Crippen LogP contribution in [0.2, 0.25) is 0 Å². The molecule has 1 aromatic carbocycles. The molecule has 0 heterocycles. The molecule has 1 rings (SSSR count). The number of benzene rings is 1. The summed E-state index contributed by atoms with van der Waals surface area (Å²) >= 11 is 5.70. The van der Waals surface area contributed by atoms with E-state index in [1.165, 1.54) is 23.6 Å². The highest BCUT2D eigenvalue weighted by atomic mass is 35.5. The lowest BCUT2D eigenvalue weighted by atomic mass is 9.86. The van der Waals surface area contributed by atoms with Crippen molar-refractivity contribution in [3.05, 3.63) is 29.3 Å². The molecule has 0 N–H and O–H groups in total. The van der Waals surface area contributed by atoms with Gasteiger partial charge in [-0.1, -0.05) is 45.9 Å². The minimum Gasteiger partial charge on any atom is -0.417 e. The lowest BCUT2D eigenvalue weighted by molar-refractivity contribution is 0.370. The molecule has 2 unspecified atom stereocenters. The van der Waals surface area contributed by atoms with Crippen molar-refractivity contribution in [1.82, 2.24) is 0 Å². The summed E-state index contributed by atoms with van der Waals surface area (Å²) in [5, 5.41) is 1.47. The zero-order valence-corrected chi connectivity index (χ0v) is 14.9. The second-order valence-corrected chi connectivity index (χ2v) is 7.12. The highest BCUT2D eigenvalue weighted by Crippen LogP contribution is 2.28. The molecule has 0 amide bonds. The molecule has 2 atom stereocenters. The van der Waals surface area contributed by atoms with Crippen molar-refractivity contribution in [2.75, 3.05) is 12.5 Å². The number of hydrogen-bond acceptors (Lipinski definition) is 1. The van der Waals surface area contributed by atoms with Crippen LogP contribution in [0.1, 0.15) is 63.5 Å². The van der Waals surface area contributed by atoms with Crippen molar-refractivity contribution in [2.24, 2.45) is 0 Å². The predicted molar refractivity (Wildman–Crippen MR) is 88.7 cm³/mol. The largest absolute Gasteiger partial charge is 0.417 e. The molecular weight excluding hydrogens is 272 g/mol. The minimum absolute atomic E-state index is 0.594. The fourth-order valence-electron chi connectivity index (χ4n) is 2.45. The van der Waals surface area contributed by atoms with E-state index in [4.69, 9.17) is 16.0 Å². The Morgan fingerprint density at radius 2 is 1.84 bits per heavy atom. The molecular formula is C16H27ClOSi. The third-order valence-electron chi connectivity index (χ3n) is 3.96. The molecule has 3 heteroatoms. The van der Waals surface area contributed by atoms with Crippen LogP contribution in [0, 0.1) is 0 Å². The van der Waals surface area contributed by atoms with E-state index in [1.54, 1.807) is 5.56 Å². The first kappa shape index (κ1) is 16.7. The van der Waals surface area contributed by atoms with Gasteiger partial charge in [0.05, 0.1) is 0 Å². The molecule has 1 aromatic rings. The van der Waals surface area contributed by atoms with E-state index in [1.807, 2.05) is 0 Å². The normalized spacial score (nSPS) is 15.0. The maximum atomic E-state index is 5.78. The molecule has 0 saturated heterocycles. The molecule has 19 heavy (non-hydrogen) atoms. The van der Waals surface area contributed by atoms with Gasteiger partial charge < -0.3 is 4.43 Å². The van der Waals surface area contributed by atoms with Crippen LogP contribution in [0.15, 0.2) is 18.2 Å². The van der Waals surface area contributed by atoms with Gasteiger partial charge in [-0.3, -0.25) is 0 Å². The van der Waals surface area contributed by atoms with Gasteiger partial charge >= 0.3 is 0 Å². The van der Waals surface area contributed by atoms with Gasteiger partial charge in [0.15, 0.2) is 9.76 Å². The van der Waals surface area contributed by atoms with E-state index in [0.717, 1.165) is 0 Å². The van der Waals surface area contributed by atoms with E-state index >= 15 is 0 Å². The summed E-state index contributed by atoms with van der Waals surface area (Å²) in [6, 6.07) is 6.75. The SMILES string of the molecule is CCC(C)c1cccc([SiH2]OCCCl)c1C(C)CC. The van der Waals surface area contributed by atoms with Crippen molar-refractivity contribution in [3.63, 3.8) is 0 Å². The van der Waals surface area contributed by atoms with Crippen LogP contribution in [0.5, 0.6) is 0 Å². The average Bonchev–Trinajstić information content (AvgIpc) is 2.45. The Hall–Kier alpha value is -0.313. The Bertz CT molecular complexity index is 381. The van der Waals surface area contributed by atoms with E-state index in [2.05, 4.69) is 45.9 Å². The van der Waals surface area contributed by atoms with Gasteiger partial charge in [-0.2, -0.15) is 0 Å². The minimum atomic E-state index is -0.649. The van der Waals surface area contributed by atoms with Crippen molar-refractivity contribution in [1.29, 1.82) is 0 Å². The quantitative estimate of drug-likeness (QED) is 0.404. The van der Waals surface area contributed by atoms with E-state index < -0.39 is 9.76 Å². The first-order chi connectivity index (χ1) is 9.15. The zero-order chi connectivity index (χ0) is 14.3. The molecule has 0 aliphatic rings. The number of alkyl halides is 1. The molecule has 0 radical (unpaired) electrons. The molecule has 1 nitrogen and oxygen atoms in total. The average molecular weight is 299 g/mol. The summed E-state index contributed by atoms with van der Waals surface area (Å²) in [6.07, 6.45) is 2.38. The Labute approximate surface area is 125 Å². The fourth-order valence-corrected chi connectivity index (χ4v) is 4.19. The van der Waals surface area contributed by atoms with Gasteiger partial charge in [0.2, 0.25) is 0 Å². The Morgan fingerprint density at radius 1 is 1.16 bits per heavy atom. The number of halogens is 1. The van der Waals surface area contributed by atoms with Crippen LogP contribution >= 0.6 is 11.6 Å².